The second kappa shape index (κ2) is 5.66. The molecule has 108 valence electrons. The first kappa shape index (κ1) is 14.4. The summed E-state index contributed by atoms with van der Waals surface area (Å²) in [5, 5.41) is 0.564. The molecule has 0 saturated carbocycles. The van der Waals surface area contributed by atoms with E-state index in [0.717, 1.165) is 5.56 Å². The maximum Gasteiger partial charge on any atom is 0.265 e. The van der Waals surface area contributed by atoms with Gasteiger partial charge in [-0.05, 0) is 33.6 Å². The summed E-state index contributed by atoms with van der Waals surface area (Å²) in [6, 6.07) is 9.84. The fraction of sp³-hybridized carbons (Fsp3) is 0.133. The van der Waals surface area contributed by atoms with Crippen molar-refractivity contribution in [3.8, 4) is 5.75 Å². The maximum atomic E-state index is 13.6. The Morgan fingerprint density at radius 2 is 2.10 bits per heavy atom. The van der Waals surface area contributed by atoms with Gasteiger partial charge in [-0.3, -0.25) is 4.79 Å². The van der Waals surface area contributed by atoms with Crippen LogP contribution in [0.1, 0.15) is 5.56 Å². The number of halogens is 3. The highest BCUT2D eigenvalue weighted by Crippen LogP contribution is 2.40. The molecule has 1 aliphatic rings. The average molecular weight is 371 g/mol. The summed E-state index contributed by atoms with van der Waals surface area (Å²) in [6.07, 6.45) is 0. The van der Waals surface area contributed by atoms with Crippen LogP contribution < -0.4 is 9.64 Å². The molecule has 0 radical (unpaired) electrons. The van der Waals surface area contributed by atoms with Crippen molar-refractivity contribution < 1.29 is 13.9 Å². The molecule has 0 aromatic heterocycles. The van der Waals surface area contributed by atoms with Crippen LogP contribution in [0.15, 0.2) is 40.9 Å². The molecule has 0 atom stereocenters. The van der Waals surface area contributed by atoms with Crippen LogP contribution in [0.3, 0.4) is 0 Å². The number of amides is 1. The Bertz CT molecular complexity index is 723. The Labute approximate surface area is 134 Å². The largest absolute Gasteiger partial charge is 0.480 e. The van der Waals surface area contributed by atoms with Crippen LogP contribution in [0, 0.1) is 5.82 Å². The van der Waals surface area contributed by atoms with Crippen LogP contribution in [-0.4, -0.2) is 12.5 Å². The lowest BCUT2D eigenvalue weighted by Crippen LogP contribution is -2.38. The third kappa shape index (κ3) is 2.76. The number of nitrogens with zero attached hydrogens (tertiary/aromatic N) is 1. The first-order valence-corrected chi connectivity index (χ1v) is 7.39. The minimum atomic E-state index is -0.442. The standard InChI is InChI=1S/C15H10BrClFNO2/c16-11-5-10(18)6-13-15(11)21-8-14(20)19(13)7-9-3-1-2-4-12(9)17/h1-6H,7-8H2. The molecular formula is C15H10BrClFNO2. The van der Waals surface area contributed by atoms with Gasteiger partial charge in [-0.25, -0.2) is 4.39 Å². The summed E-state index contributed by atoms with van der Waals surface area (Å²) in [7, 11) is 0. The molecule has 1 amide bonds. The van der Waals surface area contributed by atoms with Crippen molar-refractivity contribution in [2.45, 2.75) is 6.54 Å². The molecule has 2 aromatic rings. The summed E-state index contributed by atoms with van der Waals surface area (Å²) in [5.74, 6) is -0.217. The molecule has 0 fully saturated rings. The van der Waals surface area contributed by atoms with Gasteiger partial charge in [0.25, 0.3) is 5.91 Å². The van der Waals surface area contributed by atoms with Crippen molar-refractivity contribution in [1.82, 2.24) is 0 Å². The predicted molar refractivity (Wildman–Crippen MR) is 82.2 cm³/mol. The molecule has 21 heavy (non-hydrogen) atoms. The summed E-state index contributed by atoms with van der Waals surface area (Å²) in [4.78, 5) is 13.6. The van der Waals surface area contributed by atoms with E-state index < -0.39 is 5.82 Å². The van der Waals surface area contributed by atoms with Crippen LogP contribution in [0.5, 0.6) is 5.75 Å². The third-order valence-corrected chi connectivity index (χ3v) is 4.16. The monoisotopic (exact) mass is 369 g/mol. The maximum absolute atomic E-state index is 13.6. The van der Waals surface area contributed by atoms with Gasteiger partial charge in [-0.15, -0.1) is 0 Å². The topological polar surface area (TPSA) is 29.5 Å². The normalized spacial score (nSPS) is 13.9. The average Bonchev–Trinajstić information content (AvgIpc) is 2.44. The van der Waals surface area contributed by atoms with Crippen molar-refractivity contribution in [1.29, 1.82) is 0 Å². The molecule has 2 aromatic carbocycles. The Morgan fingerprint density at radius 3 is 2.86 bits per heavy atom. The van der Waals surface area contributed by atoms with Gasteiger partial charge in [0.05, 0.1) is 16.7 Å². The van der Waals surface area contributed by atoms with Crippen molar-refractivity contribution >= 4 is 39.1 Å². The molecule has 1 aliphatic heterocycles. The zero-order valence-electron chi connectivity index (χ0n) is 10.8. The van der Waals surface area contributed by atoms with Gasteiger partial charge in [0.1, 0.15) is 5.82 Å². The molecule has 3 rings (SSSR count). The first-order valence-electron chi connectivity index (χ1n) is 6.22. The van der Waals surface area contributed by atoms with E-state index in [2.05, 4.69) is 15.9 Å². The van der Waals surface area contributed by atoms with E-state index in [1.165, 1.54) is 17.0 Å². The van der Waals surface area contributed by atoms with Gasteiger partial charge in [0.15, 0.2) is 12.4 Å². The number of rotatable bonds is 2. The van der Waals surface area contributed by atoms with Gasteiger partial charge in [0, 0.05) is 11.1 Å². The Kier molecular flexibility index (Phi) is 3.87. The second-order valence-corrected chi connectivity index (χ2v) is 5.86. The summed E-state index contributed by atoms with van der Waals surface area (Å²) >= 11 is 9.38. The van der Waals surface area contributed by atoms with Gasteiger partial charge in [0.2, 0.25) is 0 Å². The molecule has 3 nitrogen and oxygen atoms in total. The van der Waals surface area contributed by atoms with Crippen molar-refractivity contribution in [3.63, 3.8) is 0 Å². The van der Waals surface area contributed by atoms with E-state index in [-0.39, 0.29) is 19.1 Å². The molecule has 0 saturated heterocycles. The fourth-order valence-corrected chi connectivity index (χ4v) is 2.94. The van der Waals surface area contributed by atoms with Gasteiger partial charge >= 0.3 is 0 Å². The molecule has 0 spiro atoms. The number of carbonyl (C=O) groups is 1. The highest BCUT2D eigenvalue weighted by Gasteiger charge is 2.28. The molecule has 0 N–H and O–H groups in total. The van der Waals surface area contributed by atoms with E-state index in [1.807, 2.05) is 18.2 Å². The smallest absolute Gasteiger partial charge is 0.265 e. The van der Waals surface area contributed by atoms with Gasteiger partial charge in [-0.1, -0.05) is 29.8 Å². The van der Waals surface area contributed by atoms with E-state index in [1.54, 1.807) is 6.07 Å². The first-order chi connectivity index (χ1) is 10.1. The number of benzene rings is 2. The third-order valence-electron chi connectivity index (χ3n) is 3.21. The van der Waals surface area contributed by atoms with Crippen LogP contribution in [-0.2, 0) is 11.3 Å². The van der Waals surface area contributed by atoms with Crippen LogP contribution in [0.25, 0.3) is 0 Å². The van der Waals surface area contributed by atoms with Crippen molar-refractivity contribution in [2.75, 3.05) is 11.5 Å². The summed E-state index contributed by atoms with van der Waals surface area (Å²) < 4.78 is 19.5. The summed E-state index contributed by atoms with van der Waals surface area (Å²) in [6.45, 7) is 0.187. The van der Waals surface area contributed by atoms with Crippen molar-refractivity contribution in [3.05, 3.63) is 57.3 Å². The van der Waals surface area contributed by atoms with E-state index >= 15 is 0 Å². The number of carbonyl (C=O) groups excluding carboxylic acids is 1. The highest BCUT2D eigenvalue weighted by atomic mass is 79.9. The van der Waals surface area contributed by atoms with E-state index in [4.69, 9.17) is 16.3 Å². The highest BCUT2D eigenvalue weighted by molar-refractivity contribution is 9.10. The minimum absolute atomic E-state index is 0.0817. The lowest BCUT2D eigenvalue weighted by atomic mass is 10.1. The Morgan fingerprint density at radius 1 is 1.33 bits per heavy atom. The second-order valence-electron chi connectivity index (χ2n) is 4.60. The predicted octanol–water partition coefficient (Wildman–Crippen LogP) is 4.17. The molecule has 0 aliphatic carbocycles. The van der Waals surface area contributed by atoms with Crippen LogP contribution >= 0.6 is 27.5 Å². The number of hydrogen-bond donors (Lipinski definition) is 0. The number of hydrogen-bond acceptors (Lipinski definition) is 2. The van der Waals surface area contributed by atoms with E-state index in [9.17, 15) is 9.18 Å². The van der Waals surface area contributed by atoms with Gasteiger partial charge < -0.3 is 9.64 Å². The number of ether oxygens (including phenoxy) is 1. The molecule has 0 bridgehead atoms. The van der Waals surface area contributed by atoms with Gasteiger partial charge in [-0.2, -0.15) is 0 Å². The number of anilines is 1. The Balaban J connectivity index is 2.04. The zero-order chi connectivity index (χ0) is 15.0. The molecular weight excluding hydrogens is 361 g/mol. The molecule has 6 heteroatoms. The van der Waals surface area contributed by atoms with Crippen molar-refractivity contribution in [2.24, 2.45) is 0 Å². The lowest BCUT2D eigenvalue weighted by Gasteiger charge is -2.30. The SMILES string of the molecule is O=C1COc2c(Br)cc(F)cc2N1Cc1ccccc1Cl. The Hall–Kier alpha value is -1.59. The fourth-order valence-electron chi connectivity index (χ4n) is 2.21. The molecule has 0 unspecified atom stereocenters. The van der Waals surface area contributed by atoms with Crippen LogP contribution in [0.4, 0.5) is 10.1 Å². The summed E-state index contributed by atoms with van der Waals surface area (Å²) in [5.41, 5.74) is 1.19. The zero-order valence-corrected chi connectivity index (χ0v) is 13.1. The lowest BCUT2D eigenvalue weighted by molar-refractivity contribution is -0.121. The van der Waals surface area contributed by atoms with Crippen LogP contribution in [0.2, 0.25) is 5.02 Å². The minimum Gasteiger partial charge on any atom is -0.480 e. The molecule has 1 heterocycles. The number of fused-ring (bicyclic) bond motifs is 1. The quantitative estimate of drug-likeness (QED) is 0.794. The van der Waals surface area contributed by atoms with E-state index in [0.29, 0.717) is 20.9 Å².